The third kappa shape index (κ3) is 2.79. The van der Waals surface area contributed by atoms with Gasteiger partial charge in [-0.2, -0.15) is 0 Å². The van der Waals surface area contributed by atoms with E-state index in [1.807, 2.05) is 0 Å². The van der Waals surface area contributed by atoms with Crippen molar-refractivity contribution in [2.75, 3.05) is 13.1 Å². The van der Waals surface area contributed by atoms with Crippen molar-refractivity contribution < 1.29 is 14.7 Å². The Labute approximate surface area is 168 Å². The first-order valence-corrected chi connectivity index (χ1v) is 11.6. The first kappa shape index (κ1) is 19.0. The quantitative estimate of drug-likeness (QED) is 0.712. The lowest BCUT2D eigenvalue weighted by atomic mass is 9.44. The van der Waals surface area contributed by atoms with Crippen LogP contribution in [0.3, 0.4) is 0 Å². The number of oxime groups is 1. The van der Waals surface area contributed by atoms with Gasteiger partial charge in [0.1, 0.15) is 11.9 Å². The van der Waals surface area contributed by atoms with Gasteiger partial charge in [0, 0.05) is 24.8 Å². The number of rotatable bonds is 2. The maximum atomic E-state index is 12.6. The fourth-order valence-corrected chi connectivity index (χ4v) is 7.82. The molecule has 1 aliphatic heterocycles. The standard InChI is InChI=1S/C23H36N2O3/c1-22-8-5-14(25-28-15-7-10-24-13-15)11-19(22)20(26)12-16-17-3-4-21(27)23(17,2)9-6-18(16)22/h15-20,24,26H,3-13H2,1-2H3/b25-14+/t15-,16+,17+,18+,19?,20+,22-,23+/m1/s1. The van der Waals surface area contributed by atoms with Crippen LogP contribution in [0.1, 0.15) is 71.6 Å². The zero-order valence-corrected chi connectivity index (χ0v) is 17.5. The molecule has 1 saturated heterocycles. The summed E-state index contributed by atoms with van der Waals surface area (Å²) >= 11 is 0. The van der Waals surface area contributed by atoms with Crippen molar-refractivity contribution in [1.29, 1.82) is 0 Å². The second-order valence-corrected chi connectivity index (χ2v) is 10.8. The molecule has 5 rings (SSSR count). The van der Waals surface area contributed by atoms with Gasteiger partial charge >= 0.3 is 0 Å². The van der Waals surface area contributed by atoms with E-state index in [1.54, 1.807) is 0 Å². The molecular weight excluding hydrogens is 352 g/mol. The average Bonchev–Trinajstić information content (AvgIpc) is 3.29. The number of carbonyl (C=O) groups excluding carboxylic acids is 1. The van der Waals surface area contributed by atoms with Crippen LogP contribution in [0.4, 0.5) is 0 Å². The van der Waals surface area contributed by atoms with Crippen LogP contribution in [0.15, 0.2) is 5.16 Å². The Morgan fingerprint density at radius 3 is 2.75 bits per heavy atom. The minimum absolute atomic E-state index is 0.117. The van der Waals surface area contributed by atoms with Crippen molar-refractivity contribution >= 4 is 11.5 Å². The molecule has 8 atom stereocenters. The Morgan fingerprint density at radius 2 is 1.96 bits per heavy atom. The molecule has 5 aliphatic rings. The maximum absolute atomic E-state index is 12.6. The Morgan fingerprint density at radius 1 is 1.11 bits per heavy atom. The van der Waals surface area contributed by atoms with Crippen molar-refractivity contribution in [3.8, 4) is 0 Å². The van der Waals surface area contributed by atoms with Crippen molar-refractivity contribution in [2.45, 2.75) is 83.8 Å². The second kappa shape index (κ2) is 6.80. The van der Waals surface area contributed by atoms with Gasteiger partial charge in [0.25, 0.3) is 0 Å². The molecule has 5 nitrogen and oxygen atoms in total. The summed E-state index contributed by atoms with van der Waals surface area (Å²) in [6, 6.07) is 0. The molecule has 5 fully saturated rings. The highest BCUT2D eigenvalue weighted by molar-refractivity contribution is 5.87. The average molecular weight is 389 g/mol. The number of aliphatic hydroxyl groups excluding tert-OH is 1. The molecule has 2 N–H and O–H groups in total. The molecule has 1 unspecified atom stereocenters. The van der Waals surface area contributed by atoms with Crippen LogP contribution >= 0.6 is 0 Å². The second-order valence-electron chi connectivity index (χ2n) is 10.8. The zero-order valence-electron chi connectivity index (χ0n) is 17.5. The summed E-state index contributed by atoms with van der Waals surface area (Å²) in [6.45, 7) is 6.55. The first-order valence-electron chi connectivity index (χ1n) is 11.6. The predicted molar refractivity (Wildman–Crippen MR) is 108 cm³/mol. The highest BCUT2D eigenvalue weighted by atomic mass is 16.6. The molecule has 4 aliphatic carbocycles. The smallest absolute Gasteiger partial charge is 0.141 e. The van der Waals surface area contributed by atoms with E-state index in [9.17, 15) is 9.90 Å². The monoisotopic (exact) mass is 388 g/mol. The SMILES string of the molecule is C[C@]12CC/C(=N\O[C@@H]3CCNC3)CC1[C@@H](O)C[C@@H]1[C@@H]2CC[C@]2(C)C(=O)CC[C@@H]12. The summed E-state index contributed by atoms with van der Waals surface area (Å²) in [7, 11) is 0. The fraction of sp³-hybridized carbons (Fsp3) is 0.913. The van der Waals surface area contributed by atoms with Gasteiger partial charge in [-0.15, -0.1) is 0 Å². The van der Waals surface area contributed by atoms with Gasteiger partial charge in [-0.25, -0.2) is 0 Å². The van der Waals surface area contributed by atoms with Crippen molar-refractivity contribution in [3.05, 3.63) is 0 Å². The van der Waals surface area contributed by atoms with Crippen LogP contribution in [0.25, 0.3) is 0 Å². The van der Waals surface area contributed by atoms with Gasteiger partial charge in [0.2, 0.25) is 0 Å². The third-order valence-corrected chi connectivity index (χ3v) is 9.57. The number of nitrogens with zero attached hydrogens (tertiary/aromatic N) is 1. The van der Waals surface area contributed by atoms with Gasteiger partial charge in [0.15, 0.2) is 0 Å². The van der Waals surface area contributed by atoms with Crippen LogP contribution in [-0.4, -0.2) is 41.9 Å². The summed E-state index contributed by atoms with van der Waals surface area (Å²) in [5, 5.41) is 19.0. The van der Waals surface area contributed by atoms with Gasteiger partial charge in [-0.1, -0.05) is 19.0 Å². The van der Waals surface area contributed by atoms with Crippen molar-refractivity contribution in [2.24, 2.45) is 39.7 Å². The largest absolute Gasteiger partial charge is 0.393 e. The van der Waals surface area contributed by atoms with E-state index in [4.69, 9.17) is 4.84 Å². The van der Waals surface area contributed by atoms with E-state index in [0.717, 1.165) is 76.6 Å². The zero-order chi connectivity index (χ0) is 19.5. The van der Waals surface area contributed by atoms with Gasteiger partial charge in [-0.3, -0.25) is 4.79 Å². The molecule has 0 spiro atoms. The van der Waals surface area contributed by atoms with E-state index in [1.165, 1.54) is 0 Å². The van der Waals surface area contributed by atoms with Crippen molar-refractivity contribution in [3.63, 3.8) is 0 Å². The normalized spacial score (nSPS) is 52.2. The van der Waals surface area contributed by atoms with Crippen molar-refractivity contribution in [1.82, 2.24) is 5.32 Å². The molecule has 28 heavy (non-hydrogen) atoms. The van der Waals surface area contributed by atoms with Gasteiger partial charge in [0.05, 0.1) is 11.8 Å². The summed E-state index contributed by atoms with van der Waals surface area (Å²) in [6.07, 6.45) is 8.80. The Bertz CT molecular complexity index is 673. The van der Waals surface area contributed by atoms with Gasteiger partial charge in [-0.05, 0) is 80.6 Å². The number of nitrogens with one attached hydrogen (secondary N) is 1. The molecule has 0 aromatic rings. The third-order valence-electron chi connectivity index (χ3n) is 9.57. The Balaban J connectivity index is 1.34. The maximum Gasteiger partial charge on any atom is 0.141 e. The van der Waals surface area contributed by atoms with E-state index in [2.05, 4.69) is 24.3 Å². The number of aliphatic hydroxyl groups is 1. The summed E-state index contributed by atoms with van der Waals surface area (Å²) < 4.78 is 0. The fourth-order valence-electron chi connectivity index (χ4n) is 7.82. The molecule has 1 heterocycles. The lowest BCUT2D eigenvalue weighted by Gasteiger charge is -2.60. The molecule has 0 aromatic carbocycles. The number of Topliss-reactive ketones (excluding diaryl/α,β-unsaturated/α-hetero) is 1. The number of ketones is 1. The number of hydrogen-bond donors (Lipinski definition) is 2. The molecular formula is C23H36N2O3. The lowest BCUT2D eigenvalue weighted by molar-refractivity contribution is -0.153. The first-order chi connectivity index (χ1) is 13.4. The minimum Gasteiger partial charge on any atom is -0.393 e. The van der Waals surface area contributed by atoms with Crippen LogP contribution < -0.4 is 5.32 Å². The van der Waals surface area contributed by atoms with Crippen LogP contribution in [-0.2, 0) is 9.63 Å². The highest BCUT2D eigenvalue weighted by Crippen LogP contribution is 2.65. The number of hydrogen-bond acceptors (Lipinski definition) is 5. The van der Waals surface area contributed by atoms with Gasteiger partial charge < -0.3 is 15.3 Å². The summed E-state index contributed by atoms with van der Waals surface area (Å²) in [5.74, 6) is 2.41. The molecule has 0 radical (unpaired) electrons. The van der Waals surface area contributed by atoms with Crippen LogP contribution in [0, 0.1) is 34.5 Å². The Hall–Kier alpha value is -0.940. The molecule has 0 bridgehead atoms. The summed E-state index contributed by atoms with van der Waals surface area (Å²) in [5.41, 5.74) is 1.20. The van der Waals surface area contributed by atoms with Crippen LogP contribution in [0.5, 0.6) is 0 Å². The van der Waals surface area contributed by atoms with E-state index in [0.29, 0.717) is 23.5 Å². The molecule has 0 amide bonds. The van der Waals surface area contributed by atoms with Crippen LogP contribution in [0.2, 0.25) is 0 Å². The Kier molecular flexibility index (Phi) is 4.63. The molecule has 5 heteroatoms. The summed E-state index contributed by atoms with van der Waals surface area (Å²) in [4.78, 5) is 18.4. The number of carbonyl (C=O) groups is 1. The molecule has 156 valence electrons. The molecule has 4 saturated carbocycles. The number of fused-ring (bicyclic) bond motifs is 5. The topological polar surface area (TPSA) is 70.9 Å². The lowest BCUT2D eigenvalue weighted by Crippen LogP contribution is -2.57. The minimum atomic E-state index is -0.275. The highest BCUT2D eigenvalue weighted by Gasteiger charge is 2.61. The van der Waals surface area contributed by atoms with E-state index >= 15 is 0 Å². The van der Waals surface area contributed by atoms with E-state index < -0.39 is 0 Å². The molecule has 0 aromatic heterocycles. The van der Waals surface area contributed by atoms with E-state index in [-0.39, 0.29) is 29.0 Å². The predicted octanol–water partition coefficient (Wildman–Crippen LogP) is 3.30.